The van der Waals surface area contributed by atoms with Crippen molar-refractivity contribution in [3.8, 4) is 5.75 Å². The van der Waals surface area contributed by atoms with Crippen LogP contribution in [0.3, 0.4) is 0 Å². The van der Waals surface area contributed by atoms with Crippen molar-refractivity contribution in [3.05, 3.63) is 29.6 Å². The minimum Gasteiger partial charge on any atom is -0.507 e. The minimum atomic E-state index is -0.833. The number of hydrogen-bond acceptors (Lipinski definition) is 3. The van der Waals surface area contributed by atoms with E-state index in [1.165, 1.54) is 12.1 Å². The van der Waals surface area contributed by atoms with Crippen LogP contribution in [0.25, 0.3) is 0 Å². The number of phenolic OH excluding ortho intramolecular Hbond substituents is 1. The zero-order chi connectivity index (χ0) is 15.5. The number of hydrogen-bond donors (Lipinski definition) is 3. The van der Waals surface area contributed by atoms with Gasteiger partial charge in [0.15, 0.2) is 0 Å². The Balaban J connectivity index is 0.000000796. The zero-order valence-corrected chi connectivity index (χ0v) is 12.0. The highest BCUT2D eigenvalue weighted by Gasteiger charge is 2.12. The van der Waals surface area contributed by atoms with Crippen molar-refractivity contribution in [2.24, 2.45) is 0 Å². The smallest absolute Gasteiger partial charge is 0.300 e. The first-order valence-electron chi connectivity index (χ1n) is 6.74. The number of aromatic hydroxyl groups is 1. The molecule has 3 N–H and O–H groups in total. The molecule has 1 atom stereocenters. The predicted octanol–water partition coefficient (Wildman–Crippen LogP) is 3.63. The number of unbranched alkanes of at least 4 members (excludes halogenated alkanes) is 3. The molecular formula is C15H23FO4. The Hall–Kier alpha value is -1.62. The molecule has 4 nitrogen and oxygen atoms in total. The Labute approximate surface area is 118 Å². The van der Waals surface area contributed by atoms with E-state index in [1.54, 1.807) is 0 Å². The number of benzene rings is 1. The van der Waals surface area contributed by atoms with Gasteiger partial charge in [-0.25, -0.2) is 4.39 Å². The molecule has 5 heteroatoms. The molecule has 0 saturated carbocycles. The summed E-state index contributed by atoms with van der Waals surface area (Å²) in [5, 5.41) is 26.7. The van der Waals surface area contributed by atoms with E-state index in [-0.39, 0.29) is 5.75 Å². The van der Waals surface area contributed by atoms with Crippen LogP contribution in [-0.2, 0) is 4.79 Å². The molecule has 1 aromatic rings. The molecule has 0 aromatic heterocycles. The highest BCUT2D eigenvalue weighted by atomic mass is 19.1. The average Bonchev–Trinajstić information content (AvgIpc) is 2.33. The predicted molar refractivity (Wildman–Crippen MR) is 75.1 cm³/mol. The molecule has 0 spiro atoms. The molecule has 1 aromatic carbocycles. The van der Waals surface area contributed by atoms with Crippen LogP contribution in [0.4, 0.5) is 4.39 Å². The van der Waals surface area contributed by atoms with Crippen LogP contribution < -0.4 is 0 Å². The molecule has 0 aliphatic carbocycles. The summed E-state index contributed by atoms with van der Waals surface area (Å²) in [6.07, 6.45) is 4.22. The van der Waals surface area contributed by atoms with Crippen molar-refractivity contribution in [2.75, 3.05) is 0 Å². The molecule has 0 bridgehead atoms. The lowest BCUT2D eigenvalue weighted by molar-refractivity contribution is -0.134. The molecule has 114 valence electrons. The first-order valence-corrected chi connectivity index (χ1v) is 6.74. The van der Waals surface area contributed by atoms with Crippen molar-refractivity contribution in [3.63, 3.8) is 0 Å². The Morgan fingerprint density at radius 1 is 1.30 bits per heavy atom. The molecular weight excluding hydrogens is 263 g/mol. The Bertz CT molecular complexity index is 403. The van der Waals surface area contributed by atoms with Crippen LogP contribution in [0.15, 0.2) is 18.2 Å². The largest absolute Gasteiger partial charge is 0.507 e. The maximum absolute atomic E-state index is 12.7. The van der Waals surface area contributed by atoms with Gasteiger partial charge in [0.25, 0.3) is 5.97 Å². The molecule has 0 amide bonds. The van der Waals surface area contributed by atoms with Gasteiger partial charge in [-0.15, -0.1) is 0 Å². The van der Waals surface area contributed by atoms with Crippen LogP contribution in [0.5, 0.6) is 5.75 Å². The van der Waals surface area contributed by atoms with Crippen molar-refractivity contribution in [1.82, 2.24) is 0 Å². The highest BCUT2D eigenvalue weighted by Crippen LogP contribution is 2.28. The summed E-state index contributed by atoms with van der Waals surface area (Å²) in [6.45, 7) is 3.21. The van der Waals surface area contributed by atoms with Gasteiger partial charge < -0.3 is 15.3 Å². The lowest BCUT2D eigenvalue weighted by atomic mass is 10.0. The molecule has 0 fully saturated rings. The Kier molecular flexibility index (Phi) is 9.38. The lowest BCUT2D eigenvalue weighted by Gasteiger charge is -2.12. The van der Waals surface area contributed by atoms with Crippen molar-refractivity contribution in [1.29, 1.82) is 0 Å². The maximum atomic E-state index is 12.7. The summed E-state index contributed by atoms with van der Waals surface area (Å²) in [5.41, 5.74) is 0.415. The number of aliphatic carboxylic acids is 1. The van der Waals surface area contributed by atoms with Crippen molar-refractivity contribution < 1.29 is 24.5 Å². The summed E-state index contributed by atoms with van der Waals surface area (Å²) in [6, 6.07) is 3.73. The first-order chi connectivity index (χ1) is 9.38. The van der Waals surface area contributed by atoms with E-state index in [0.717, 1.165) is 38.7 Å². The number of carboxylic acids is 1. The SMILES string of the molecule is CC(=O)O.CCCCCC[C@H](O)c1ccc(F)cc1O. The fourth-order valence-corrected chi connectivity index (χ4v) is 1.72. The number of halogens is 1. The van der Waals surface area contributed by atoms with Crippen LogP contribution in [0.1, 0.15) is 57.6 Å². The summed E-state index contributed by atoms with van der Waals surface area (Å²) >= 11 is 0. The quantitative estimate of drug-likeness (QED) is 0.698. The van der Waals surface area contributed by atoms with Gasteiger partial charge in [0.1, 0.15) is 11.6 Å². The summed E-state index contributed by atoms with van der Waals surface area (Å²) in [7, 11) is 0. The maximum Gasteiger partial charge on any atom is 0.300 e. The second-order valence-corrected chi connectivity index (χ2v) is 4.59. The van der Waals surface area contributed by atoms with Gasteiger partial charge in [-0.1, -0.05) is 32.6 Å². The second-order valence-electron chi connectivity index (χ2n) is 4.59. The zero-order valence-electron chi connectivity index (χ0n) is 12.0. The lowest BCUT2D eigenvalue weighted by Crippen LogP contribution is -1.98. The second kappa shape index (κ2) is 10.2. The fraction of sp³-hybridized carbons (Fsp3) is 0.533. The van der Waals surface area contributed by atoms with E-state index in [4.69, 9.17) is 9.90 Å². The van der Waals surface area contributed by atoms with Crippen LogP contribution in [-0.4, -0.2) is 21.3 Å². The van der Waals surface area contributed by atoms with Gasteiger partial charge >= 0.3 is 0 Å². The highest BCUT2D eigenvalue weighted by molar-refractivity contribution is 5.62. The number of rotatable bonds is 6. The molecule has 0 heterocycles. The van der Waals surface area contributed by atoms with Gasteiger partial charge in [-0.3, -0.25) is 4.79 Å². The molecule has 0 unspecified atom stereocenters. The third-order valence-corrected chi connectivity index (χ3v) is 2.68. The number of carboxylic acid groups (broad SMARTS) is 1. The van der Waals surface area contributed by atoms with Gasteiger partial charge in [0, 0.05) is 18.6 Å². The normalized spacial score (nSPS) is 11.4. The average molecular weight is 286 g/mol. The monoisotopic (exact) mass is 286 g/mol. The van der Waals surface area contributed by atoms with Gasteiger partial charge in [0.2, 0.25) is 0 Å². The summed E-state index contributed by atoms with van der Waals surface area (Å²) in [4.78, 5) is 9.00. The third-order valence-electron chi connectivity index (χ3n) is 2.68. The number of aliphatic hydroxyl groups is 1. The first kappa shape index (κ1) is 18.4. The summed E-state index contributed by atoms with van der Waals surface area (Å²) in [5.74, 6) is -1.48. The topological polar surface area (TPSA) is 77.8 Å². The van der Waals surface area contributed by atoms with E-state index in [1.807, 2.05) is 0 Å². The Morgan fingerprint density at radius 2 is 1.90 bits per heavy atom. The summed E-state index contributed by atoms with van der Waals surface area (Å²) < 4.78 is 12.7. The number of phenols is 1. The number of aliphatic hydroxyl groups excluding tert-OH is 1. The molecule has 0 aliphatic heterocycles. The molecule has 1 rings (SSSR count). The molecule has 0 radical (unpaired) electrons. The fourth-order valence-electron chi connectivity index (χ4n) is 1.72. The van der Waals surface area contributed by atoms with E-state index in [9.17, 15) is 14.6 Å². The van der Waals surface area contributed by atoms with Crippen molar-refractivity contribution >= 4 is 5.97 Å². The van der Waals surface area contributed by atoms with Gasteiger partial charge in [-0.2, -0.15) is 0 Å². The Morgan fingerprint density at radius 3 is 2.40 bits per heavy atom. The van der Waals surface area contributed by atoms with Crippen molar-refractivity contribution in [2.45, 2.75) is 52.1 Å². The van der Waals surface area contributed by atoms with E-state index in [2.05, 4.69) is 6.92 Å². The number of carbonyl (C=O) groups is 1. The minimum absolute atomic E-state index is 0.164. The molecule has 20 heavy (non-hydrogen) atoms. The molecule has 0 aliphatic rings. The third kappa shape index (κ3) is 8.48. The van der Waals surface area contributed by atoms with E-state index >= 15 is 0 Å². The van der Waals surface area contributed by atoms with Crippen LogP contribution in [0, 0.1) is 5.82 Å². The van der Waals surface area contributed by atoms with E-state index < -0.39 is 17.9 Å². The van der Waals surface area contributed by atoms with Crippen LogP contribution in [0.2, 0.25) is 0 Å². The van der Waals surface area contributed by atoms with Crippen LogP contribution >= 0.6 is 0 Å². The van der Waals surface area contributed by atoms with E-state index in [0.29, 0.717) is 12.0 Å². The molecule has 0 saturated heterocycles. The van der Waals surface area contributed by atoms with Gasteiger partial charge in [0.05, 0.1) is 6.10 Å². The standard InChI is InChI=1S/C13H19FO2.C2H4O2/c1-2-3-4-5-6-12(15)11-8-7-10(14)9-13(11)16;1-2(3)4/h7-9,12,15-16H,2-6H2,1H3;1H3,(H,3,4)/t12-;/m0./s1. The van der Waals surface area contributed by atoms with Gasteiger partial charge in [-0.05, 0) is 18.6 Å².